The van der Waals surface area contributed by atoms with Gasteiger partial charge in [0, 0.05) is 31.1 Å². The molecule has 0 bridgehead atoms. The Bertz CT molecular complexity index is 1140. The van der Waals surface area contributed by atoms with Crippen LogP contribution in [0.15, 0.2) is 17.3 Å². The average molecular weight is 490 g/mol. The molecule has 0 spiro atoms. The zero-order valence-corrected chi connectivity index (χ0v) is 20.4. The molecule has 11 heteroatoms. The number of rotatable bonds is 7. The second kappa shape index (κ2) is 9.92. The Labute approximate surface area is 202 Å². The van der Waals surface area contributed by atoms with Gasteiger partial charge in [-0.2, -0.15) is 5.10 Å². The Morgan fingerprint density at radius 2 is 1.88 bits per heavy atom. The van der Waals surface area contributed by atoms with E-state index in [1.807, 2.05) is 11.8 Å². The minimum Gasteiger partial charge on any atom is -0.496 e. The third-order valence-electron chi connectivity index (χ3n) is 6.12. The predicted molar refractivity (Wildman–Crippen MR) is 127 cm³/mol. The monoisotopic (exact) mass is 489 g/mol. The molecule has 182 valence electrons. The van der Waals surface area contributed by atoms with Gasteiger partial charge in [0.05, 0.1) is 42.0 Å². The van der Waals surface area contributed by atoms with E-state index < -0.39 is 6.10 Å². The molecule has 2 aromatic rings. The minimum atomic E-state index is -0.825. The number of benzene rings is 1. The van der Waals surface area contributed by atoms with Gasteiger partial charge in [-0.25, -0.2) is 0 Å². The van der Waals surface area contributed by atoms with Gasteiger partial charge in [-0.15, -0.1) is 0 Å². The molecule has 0 radical (unpaired) electrons. The number of anilines is 1. The summed E-state index contributed by atoms with van der Waals surface area (Å²) in [6, 6.07) is 3.34. The van der Waals surface area contributed by atoms with Crippen LogP contribution in [0.2, 0.25) is 5.02 Å². The fraction of sp³-hybridized carbons (Fsp3) is 0.478. The summed E-state index contributed by atoms with van der Waals surface area (Å²) in [5.41, 5.74) is 3.08. The van der Waals surface area contributed by atoms with Crippen molar-refractivity contribution in [2.24, 2.45) is 5.16 Å². The van der Waals surface area contributed by atoms with E-state index in [9.17, 15) is 9.59 Å². The maximum atomic E-state index is 13.0. The number of amides is 2. The lowest BCUT2D eigenvalue weighted by atomic mass is 10.0. The van der Waals surface area contributed by atoms with Gasteiger partial charge in [-0.3, -0.25) is 14.3 Å². The smallest absolute Gasteiger partial charge is 0.268 e. The molecule has 1 aromatic carbocycles. The van der Waals surface area contributed by atoms with Crippen molar-refractivity contribution >= 4 is 34.8 Å². The zero-order valence-electron chi connectivity index (χ0n) is 19.7. The fourth-order valence-electron chi connectivity index (χ4n) is 4.19. The number of ether oxygens (including phenoxy) is 2. The molecule has 1 atom stereocenters. The lowest BCUT2D eigenvalue weighted by Crippen LogP contribution is -2.31. The lowest BCUT2D eigenvalue weighted by molar-refractivity contribution is -0.131. The molecule has 1 N–H and O–H groups in total. The molecule has 1 saturated heterocycles. The maximum Gasteiger partial charge on any atom is 0.268 e. The molecular weight excluding hydrogens is 462 g/mol. The number of hydrogen-bond acceptors (Lipinski definition) is 7. The number of carbonyl (C=O) groups is 2. The topological polar surface area (TPSA) is 107 Å². The Kier molecular flexibility index (Phi) is 6.97. The molecule has 0 unspecified atom stereocenters. The average Bonchev–Trinajstić information content (AvgIpc) is 3.57. The number of oxime groups is 1. The number of methoxy groups -OCH3 is 2. The molecule has 1 aromatic heterocycles. The van der Waals surface area contributed by atoms with Crippen molar-refractivity contribution in [3.8, 4) is 11.5 Å². The summed E-state index contributed by atoms with van der Waals surface area (Å²) < 4.78 is 12.3. The number of hydrogen-bond donors (Lipinski definition) is 1. The van der Waals surface area contributed by atoms with E-state index in [0.29, 0.717) is 44.9 Å². The van der Waals surface area contributed by atoms with Gasteiger partial charge in [-0.1, -0.05) is 16.8 Å². The highest BCUT2D eigenvalue weighted by molar-refractivity contribution is 6.32. The molecule has 1 fully saturated rings. The fourth-order valence-corrected chi connectivity index (χ4v) is 4.43. The molecule has 0 aliphatic carbocycles. The first-order chi connectivity index (χ1) is 16.3. The zero-order chi connectivity index (χ0) is 24.4. The molecule has 4 rings (SSSR count). The SMILES string of the molecule is COc1cc(OC)c(C2=NO[C@H](C(=O)Nc3c(C)nn(CC(=O)N4CCCC4)c3C)C2)cc1Cl. The van der Waals surface area contributed by atoms with Crippen LogP contribution in [0.25, 0.3) is 0 Å². The number of nitrogens with one attached hydrogen (secondary N) is 1. The third kappa shape index (κ3) is 4.68. The summed E-state index contributed by atoms with van der Waals surface area (Å²) in [7, 11) is 3.05. The normalized spacial score (nSPS) is 17.4. The summed E-state index contributed by atoms with van der Waals surface area (Å²) in [6.07, 6.45) is 1.48. The van der Waals surface area contributed by atoms with Gasteiger partial charge in [0.2, 0.25) is 12.0 Å². The van der Waals surface area contributed by atoms with Crippen molar-refractivity contribution in [3.63, 3.8) is 0 Å². The first-order valence-electron chi connectivity index (χ1n) is 11.1. The molecule has 2 aliphatic heterocycles. The van der Waals surface area contributed by atoms with Gasteiger partial charge in [0.1, 0.15) is 18.0 Å². The van der Waals surface area contributed by atoms with Crippen LogP contribution in [-0.4, -0.2) is 65.6 Å². The molecule has 3 heterocycles. The number of nitrogens with zero attached hydrogens (tertiary/aromatic N) is 4. The van der Waals surface area contributed by atoms with E-state index in [4.69, 9.17) is 25.9 Å². The van der Waals surface area contributed by atoms with Crippen LogP contribution in [0.1, 0.15) is 36.2 Å². The van der Waals surface area contributed by atoms with Gasteiger partial charge in [-0.05, 0) is 32.8 Å². The van der Waals surface area contributed by atoms with E-state index in [0.717, 1.165) is 25.9 Å². The van der Waals surface area contributed by atoms with E-state index in [1.54, 1.807) is 23.7 Å². The standard InChI is InChI=1S/C23H28ClN5O5/c1-13-22(14(2)29(26-13)12-21(30)28-7-5-6-8-28)25-23(31)20-10-17(27-34-20)15-9-16(24)19(33-4)11-18(15)32-3/h9,11,20H,5-8,10,12H2,1-4H3,(H,25,31)/t20-/m0/s1. The number of likely N-dealkylation sites (tertiary alicyclic amines) is 1. The Hall–Kier alpha value is -3.27. The quantitative estimate of drug-likeness (QED) is 0.640. The van der Waals surface area contributed by atoms with Gasteiger partial charge < -0.3 is 24.5 Å². The number of carbonyl (C=O) groups excluding carboxylic acids is 2. The highest BCUT2D eigenvalue weighted by Crippen LogP contribution is 2.35. The van der Waals surface area contributed by atoms with Crippen molar-refractivity contribution < 1.29 is 23.9 Å². The Morgan fingerprint density at radius 1 is 1.18 bits per heavy atom. The van der Waals surface area contributed by atoms with Crippen molar-refractivity contribution in [2.75, 3.05) is 32.6 Å². The molecule has 0 saturated carbocycles. The first-order valence-corrected chi connectivity index (χ1v) is 11.5. The van der Waals surface area contributed by atoms with Gasteiger partial charge in [0.15, 0.2) is 0 Å². The lowest BCUT2D eigenvalue weighted by Gasteiger charge is -2.15. The van der Waals surface area contributed by atoms with Crippen LogP contribution in [0.5, 0.6) is 11.5 Å². The summed E-state index contributed by atoms with van der Waals surface area (Å²) in [5, 5.41) is 11.8. The summed E-state index contributed by atoms with van der Waals surface area (Å²) in [5.74, 6) is 0.668. The third-order valence-corrected chi connectivity index (χ3v) is 6.41. The van der Waals surface area contributed by atoms with Crippen LogP contribution in [-0.2, 0) is 21.0 Å². The second-order valence-electron chi connectivity index (χ2n) is 8.30. The Balaban J connectivity index is 1.43. The van der Waals surface area contributed by atoms with Crippen LogP contribution >= 0.6 is 11.6 Å². The van der Waals surface area contributed by atoms with E-state index in [1.165, 1.54) is 14.2 Å². The van der Waals surface area contributed by atoms with Gasteiger partial charge in [0.25, 0.3) is 5.91 Å². The summed E-state index contributed by atoms with van der Waals surface area (Å²) in [4.78, 5) is 32.8. The van der Waals surface area contributed by atoms with Crippen LogP contribution in [0, 0.1) is 13.8 Å². The van der Waals surface area contributed by atoms with Crippen molar-refractivity contribution in [1.29, 1.82) is 0 Å². The van der Waals surface area contributed by atoms with Crippen molar-refractivity contribution in [3.05, 3.63) is 34.1 Å². The van der Waals surface area contributed by atoms with E-state index >= 15 is 0 Å². The number of halogens is 1. The largest absolute Gasteiger partial charge is 0.496 e. The molecule has 10 nitrogen and oxygen atoms in total. The summed E-state index contributed by atoms with van der Waals surface area (Å²) >= 11 is 6.27. The van der Waals surface area contributed by atoms with E-state index in [-0.39, 0.29) is 24.8 Å². The van der Waals surface area contributed by atoms with Crippen molar-refractivity contribution in [2.45, 2.75) is 45.8 Å². The predicted octanol–water partition coefficient (Wildman–Crippen LogP) is 2.92. The van der Waals surface area contributed by atoms with Crippen molar-refractivity contribution in [1.82, 2.24) is 14.7 Å². The molecule has 2 aliphatic rings. The molecule has 34 heavy (non-hydrogen) atoms. The van der Waals surface area contributed by atoms with E-state index in [2.05, 4.69) is 15.6 Å². The highest BCUT2D eigenvalue weighted by atomic mass is 35.5. The Morgan fingerprint density at radius 3 is 2.56 bits per heavy atom. The molecular formula is C23H28ClN5O5. The second-order valence-corrected chi connectivity index (χ2v) is 8.71. The van der Waals surface area contributed by atoms with Crippen LogP contribution in [0.4, 0.5) is 5.69 Å². The van der Waals surface area contributed by atoms with Gasteiger partial charge >= 0.3 is 0 Å². The molecule has 2 amide bonds. The first kappa shape index (κ1) is 23.9. The van der Waals surface area contributed by atoms with Crippen LogP contribution < -0.4 is 14.8 Å². The van der Waals surface area contributed by atoms with Crippen LogP contribution in [0.3, 0.4) is 0 Å². The minimum absolute atomic E-state index is 0.0326. The number of aryl methyl sites for hydroxylation is 1. The number of aromatic nitrogens is 2. The highest BCUT2D eigenvalue weighted by Gasteiger charge is 2.32. The summed E-state index contributed by atoms with van der Waals surface area (Å²) in [6.45, 7) is 5.34. The maximum absolute atomic E-state index is 13.0.